The lowest BCUT2D eigenvalue weighted by Crippen LogP contribution is -2.29. The van der Waals surface area contributed by atoms with Gasteiger partial charge in [-0.1, -0.05) is 0 Å². The predicted octanol–water partition coefficient (Wildman–Crippen LogP) is -0.325. The van der Waals surface area contributed by atoms with E-state index in [1.54, 1.807) is 19.4 Å². The molecule has 0 unspecified atom stereocenters. The zero-order valence-electron chi connectivity index (χ0n) is 10.4. The van der Waals surface area contributed by atoms with Crippen LogP contribution < -0.4 is 16.2 Å². The number of rotatable bonds is 7. The highest BCUT2D eigenvalue weighted by atomic mass is 16.5. The number of aryl methyl sites for hydroxylation is 1. The molecule has 0 aromatic carbocycles. The van der Waals surface area contributed by atoms with Crippen molar-refractivity contribution in [2.24, 2.45) is 5.73 Å². The van der Waals surface area contributed by atoms with Gasteiger partial charge >= 0.3 is 0 Å². The van der Waals surface area contributed by atoms with Crippen LogP contribution in [0.5, 0.6) is 0 Å². The van der Waals surface area contributed by atoms with Crippen molar-refractivity contribution in [3.63, 3.8) is 0 Å². The molecular formula is C11H20N4O2. The molecule has 0 saturated heterocycles. The molecule has 96 valence electrons. The van der Waals surface area contributed by atoms with Crippen LogP contribution in [0.25, 0.3) is 0 Å². The molecule has 0 amide bonds. The third kappa shape index (κ3) is 4.16. The van der Waals surface area contributed by atoms with E-state index in [0.717, 1.165) is 12.1 Å². The summed E-state index contributed by atoms with van der Waals surface area (Å²) in [4.78, 5) is 13.7. The van der Waals surface area contributed by atoms with E-state index in [4.69, 9.17) is 10.5 Å². The summed E-state index contributed by atoms with van der Waals surface area (Å²) in [5.41, 5.74) is 6.16. The Morgan fingerprint density at radius 1 is 1.59 bits per heavy atom. The molecule has 1 heterocycles. The minimum Gasteiger partial charge on any atom is -0.385 e. The van der Waals surface area contributed by atoms with E-state index in [0.29, 0.717) is 26.2 Å². The summed E-state index contributed by atoms with van der Waals surface area (Å²) in [7, 11) is 3.53. The molecule has 0 atom stereocenters. The van der Waals surface area contributed by atoms with Crippen LogP contribution in [-0.4, -0.2) is 43.6 Å². The van der Waals surface area contributed by atoms with E-state index in [1.807, 2.05) is 11.9 Å². The quantitative estimate of drug-likeness (QED) is 0.661. The van der Waals surface area contributed by atoms with Gasteiger partial charge in [-0.2, -0.15) is 5.10 Å². The van der Waals surface area contributed by atoms with Crippen molar-refractivity contribution in [3.8, 4) is 0 Å². The maximum atomic E-state index is 11.7. The second-order valence-corrected chi connectivity index (χ2v) is 3.83. The monoisotopic (exact) mass is 240 g/mol. The molecule has 1 aromatic heterocycles. The minimum atomic E-state index is -0.0949. The summed E-state index contributed by atoms with van der Waals surface area (Å²) < 4.78 is 6.38. The molecule has 6 heteroatoms. The summed E-state index contributed by atoms with van der Waals surface area (Å²) in [5.74, 6) is 0. The van der Waals surface area contributed by atoms with Gasteiger partial charge in [-0.3, -0.25) is 4.79 Å². The first-order valence-corrected chi connectivity index (χ1v) is 5.66. The van der Waals surface area contributed by atoms with Crippen molar-refractivity contribution >= 4 is 5.69 Å². The Morgan fingerprint density at radius 2 is 2.35 bits per heavy atom. The zero-order valence-corrected chi connectivity index (χ0v) is 10.4. The zero-order chi connectivity index (χ0) is 12.7. The Morgan fingerprint density at radius 3 is 2.94 bits per heavy atom. The Kier molecular flexibility index (Phi) is 5.65. The molecule has 1 rings (SSSR count). The predicted molar refractivity (Wildman–Crippen MR) is 67.3 cm³/mol. The molecule has 0 aliphatic heterocycles. The van der Waals surface area contributed by atoms with Gasteiger partial charge in [-0.25, -0.2) is 4.68 Å². The van der Waals surface area contributed by atoms with Crippen LogP contribution in [0.4, 0.5) is 5.69 Å². The normalized spacial score (nSPS) is 10.5. The molecule has 0 spiro atoms. The Hall–Kier alpha value is -1.40. The number of hydrogen-bond donors (Lipinski definition) is 1. The summed E-state index contributed by atoms with van der Waals surface area (Å²) >= 11 is 0. The first-order chi connectivity index (χ1) is 8.19. The fourth-order valence-corrected chi connectivity index (χ4v) is 1.48. The highest BCUT2D eigenvalue weighted by Crippen LogP contribution is 2.05. The lowest BCUT2D eigenvalue weighted by Gasteiger charge is -2.17. The van der Waals surface area contributed by atoms with Gasteiger partial charge in [0.15, 0.2) is 0 Å². The molecule has 0 saturated carbocycles. The first kappa shape index (κ1) is 13.7. The summed E-state index contributed by atoms with van der Waals surface area (Å²) in [6.07, 6.45) is 2.46. The molecule has 0 aliphatic rings. The van der Waals surface area contributed by atoms with Crippen LogP contribution in [0.2, 0.25) is 0 Å². The van der Waals surface area contributed by atoms with E-state index in [-0.39, 0.29) is 5.56 Å². The maximum Gasteiger partial charge on any atom is 0.268 e. The average Bonchev–Trinajstić information content (AvgIpc) is 2.31. The number of methoxy groups -OCH3 is 1. The topological polar surface area (TPSA) is 73.4 Å². The largest absolute Gasteiger partial charge is 0.385 e. The minimum absolute atomic E-state index is 0.0949. The van der Waals surface area contributed by atoms with E-state index >= 15 is 0 Å². The van der Waals surface area contributed by atoms with Crippen LogP contribution in [0, 0.1) is 0 Å². The molecule has 0 fully saturated rings. The van der Waals surface area contributed by atoms with Crippen molar-refractivity contribution in [1.82, 2.24) is 9.78 Å². The Bertz CT molecular complexity index is 391. The van der Waals surface area contributed by atoms with Crippen LogP contribution in [-0.2, 0) is 11.3 Å². The van der Waals surface area contributed by atoms with Crippen molar-refractivity contribution in [2.75, 3.05) is 38.8 Å². The number of ether oxygens (including phenoxy) is 1. The number of nitrogens with zero attached hydrogens (tertiary/aromatic N) is 3. The van der Waals surface area contributed by atoms with Crippen LogP contribution >= 0.6 is 0 Å². The lowest BCUT2D eigenvalue weighted by molar-refractivity contribution is 0.188. The molecule has 6 nitrogen and oxygen atoms in total. The molecule has 2 N–H and O–H groups in total. The van der Waals surface area contributed by atoms with Gasteiger partial charge in [0.25, 0.3) is 5.56 Å². The summed E-state index contributed by atoms with van der Waals surface area (Å²) in [5, 5.41) is 4.12. The number of likely N-dealkylation sites (N-methyl/N-ethyl adjacent to an activating group) is 1. The smallest absolute Gasteiger partial charge is 0.268 e. The van der Waals surface area contributed by atoms with Gasteiger partial charge in [0.2, 0.25) is 0 Å². The second-order valence-electron chi connectivity index (χ2n) is 3.83. The Balaban J connectivity index is 2.69. The van der Waals surface area contributed by atoms with E-state index in [9.17, 15) is 4.79 Å². The number of aromatic nitrogens is 2. The first-order valence-electron chi connectivity index (χ1n) is 5.66. The maximum absolute atomic E-state index is 11.7. The van der Waals surface area contributed by atoms with Crippen LogP contribution in [0.1, 0.15) is 6.42 Å². The van der Waals surface area contributed by atoms with Gasteiger partial charge in [-0.05, 0) is 6.42 Å². The van der Waals surface area contributed by atoms with E-state index < -0.39 is 0 Å². The van der Waals surface area contributed by atoms with Gasteiger partial charge in [-0.15, -0.1) is 0 Å². The van der Waals surface area contributed by atoms with Crippen LogP contribution in [0.3, 0.4) is 0 Å². The van der Waals surface area contributed by atoms with Gasteiger partial charge in [0.1, 0.15) is 0 Å². The molecule has 1 aromatic rings. The van der Waals surface area contributed by atoms with Gasteiger partial charge in [0, 0.05) is 46.5 Å². The average molecular weight is 240 g/mol. The fourth-order valence-electron chi connectivity index (χ4n) is 1.48. The van der Waals surface area contributed by atoms with E-state index in [1.165, 1.54) is 4.68 Å². The van der Waals surface area contributed by atoms with E-state index in [2.05, 4.69) is 5.10 Å². The third-order valence-corrected chi connectivity index (χ3v) is 2.48. The molecule has 0 aliphatic carbocycles. The third-order valence-electron chi connectivity index (χ3n) is 2.48. The second kappa shape index (κ2) is 7.03. The molecule has 0 radical (unpaired) electrons. The Labute approximate surface area is 101 Å². The summed E-state index contributed by atoms with van der Waals surface area (Å²) in [6, 6.07) is 1.58. The van der Waals surface area contributed by atoms with Gasteiger partial charge in [0.05, 0.1) is 11.9 Å². The standard InChI is InChI=1S/C11H20N4O2/c1-14(6-4-12)10-8-11(16)15(13-9-10)5-3-7-17-2/h8-9H,3-7,12H2,1-2H3. The SMILES string of the molecule is COCCCn1ncc(N(C)CCN)cc1=O. The van der Waals surface area contributed by atoms with Crippen LogP contribution in [0.15, 0.2) is 17.1 Å². The molecule has 0 bridgehead atoms. The fraction of sp³-hybridized carbons (Fsp3) is 0.636. The molecule has 17 heavy (non-hydrogen) atoms. The highest BCUT2D eigenvalue weighted by molar-refractivity contribution is 5.41. The number of nitrogens with two attached hydrogens (primary N) is 1. The number of anilines is 1. The van der Waals surface area contributed by atoms with Gasteiger partial charge < -0.3 is 15.4 Å². The van der Waals surface area contributed by atoms with Crippen molar-refractivity contribution in [3.05, 3.63) is 22.6 Å². The summed E-state index contributed by atoms with van der Waals surface area (Å²) in [6.45, 7) is 2.46. The lowest BCUT2D eigenvalue weighted by atomic mass is 10.4. The highest BCUT2D eigenvalue weighted by Gasteiger charge is 2.03. The number of hydrogen-bond acceptors (Lipinski definition) is 5. The van der Waals surface area contributed by atoms with Crippen molar-refractivity contribution in [1.29, 1.82) is 0 Å². The molecular weight excluding hydrogens is 220 g/mol. The van der Waals surface area contributed by atoms with Crippen molar-refractivity contribution in [2.45, 2.75) is 13.0 Å². The van der Waals surface area contributed by atoms with Crippen molar-refractivity contribution < 1.29 is 4.74 Å².